The number of piperidine rings is 2. The lowest BCUT2D eigenvalue weighted by Gasteiger charge is -2.31. The molecule has 1 saturated carbocycles. The number of carbonyl (C=O) groups excluding carboxylic acids is 2. The molecule has 2 aromatic heterocycles. The van der Waals surface area contributed by atoms with Crippen molar-refractivity contribution >= 4 is 34.6 Å². The van der Waals surface area contributed by atoms with Gasteiger partial charge in [-0.15, -0.1) is 0 Å². The molecule has 3 aliphatic rings. The molecule has 2 unspecified atom stereocenters. The number of halogens is 2. The number of nitrogens with zero attached hydrogens (tertiary/aromatic N) is 4. The Balaban J connectivity index is 1.32. The van der Waals surface area contributed by atoms with Crippen LogP contribution in [0, 0.1) is 24.2 Å². The van der Waals surface area contributed by atoms with E-state index in [-0.39, 0.29) is 42.2 Å². The zero-order valence-electron chi connectivity index (χ0n) is 21.1. The maximum absolute atomic E-state index is 15.4. The molecule has 10 heteroatoms. The van der Waals surface area contributed by atoms with Crippen molar-refractivity contribution in [1.82, 2.24) is 24.8 Å². The molecule has 0 bridgehead atoms. The summed E-state index contributed by atoms with van der Waals surface area (Å²) in [5, 5.41) is 11.5. The van der Waals surface area contributed by atoms with Gasteiger partial charge in [-0.25, -0.2) is 13.9 Å². The Bertz CT molecular complexity index is 1410. The minimum absolute atomic E-state index is 0.100. The van der Waals surface area contributed by atoms with E-state index in [0.717, 1.165) is 22.4 Å². The maximum atomic E-state index is 15.4. The van der Waals surface area contributed by atoms with Crippen molar-refractivity contribution in [3.63, 3.8) is 0 Å². The largest absolute Gasteiger partial charge is 0.381 e. The number of fused-ring (bicyclic) bond motifs is 2. The maximum Gasteiger partial charge on any atom is 0.233 e. The zero-order valence-corrected chi connectivity index (χ0v) is 21.9. The molecule has 2 aliphatic heterocycles. The molecule has 0 radical (unpaired) electrons. The van der Waals surface area contributed by atoms with Gasteiger partial charge in [0, 0.05) is 29.0 Å². The second kappa shape index (κ2) is 8.49. The highest BCUT2D eigenvalue weighted by atomic mass is 35.5. The molecule has 2 N–H and O–H groups in total. The number of likely N-dealkylation sites (tertiary alicyclic amines) is 1. The van der Waals surface area contributed by atoms with Crippen molar-refractivity contribution in [3.05, 3.63) is 46.9 Å². The molecule has 3 aromatic rings. The third kappa shape index (κ3) is 3.99. The molecule has 1 aromatic carbocycles. The topological polar surface area (TPSA) is 91.6 Å². The van der Waals surface area contributed by atoms with Gasteiger partial charge < -0.3 is 10.6 Å². The molecule has 1 aliphatic carbocycles. The number of alkyl halides is 1. The number of hydrogen-bond acceptors (Lipinski definition) is 6. The third-order valence-electron chi connectivity index (χ3n) is 8.33. The van der Waals surface area contributed by atoms with E-state index in [1.54, 1.807) is 4.52 Å². The summed E-state index contributed by atoms with van der Waals surface area (Å²) in [6, 6.07) is 5.57. The molecule has 2 atom stereocenters. The number of nitrogens with one attached hydrogen (secondary N) is 2. The van der Waals surface area contributed by atoms with Gasteiger partial charge in [-0.05, 0) is 67.6 Å². The molecule has 2 amide bonds. The van der Waals surface area contributed by atoms with Gasteiger partial charge >= 0.3 is 0 Å². The highest BCUT2D eigenvalue weighted by molar-refractivity contribution is 6.31. The molecule has 4 heterocycles. The van der Waals surface area contributed by atoms with E-state index in [0.29, 0.717) is 42.2 Å². The quantitative estimate of drug-likeness (QED) is 0.474. The first kappa shape index (κ1) is 24.3. The minimum atomic E-state index is -1.29. The summed E-state index contributed by atoms with van der Waals surface area (Å²) in [4.78, 5) is 31.6. The van der Waals surface area contributed by atoms with Crippen LogP contribution in [0.25, 0.3) is 16.8 Å². The number of rotatable bonds is 6. The molecular weight excluding hydrogens is 495 g/mol. The molecule has 37 heavy (non-hydrogen) atoms. The van der Waals surface area contributed by atoms with E-state index in [2.05, 4.69) is 20.7 Å². The fourth-order valence-electron chi connectivity index (χ4n) is 6.08. The van der Waals surface area contributed by atoms with Gasteiger partial charge in [0.25, 0.3) is 0 Å². The van der Waals surface area contributed by atoms with Crippen LogP contribution in [-0.2, 0) is 16.1 Å². The second-order valence-corrected chi connectivity index (χ2v) is 11.7. The number of aryl methyl sites for hydroxylation is 1. The highest BCUT2D eigenvalue weighted by Gasteiger charge is 2.72. The lowest BCUT2D eigenvalue weighted by atomic mass is 9.94. The van der Waals surface area contributed by atoms with Crippen molar-refractivity contribution < 1.29 is 14.0 Å². The Morgan fingerprint density at radius 2 is 1.86 bits per heavy atom. The number of aromatic nitrogens is 3. The summed E-state index contributed by atoms with van der Waals surface area (Å²) < 4.78 is 17.1. The van der Waals surface area contributed by atoms with E-state index in [9.17, 15) is 9.59 Å². The van der Waals surface area contributed by atoms with Gasteiger partial charge in [0.1, 0.15) is 12.0 Å². The van der Waals surface area contributed by atoms with Gasteiger partial charge in [0.15, 0.2) is 0 Å². The Kier molecular flexibility index (Phi) is 5.58. The third-order valence-corrected chi connectivity index (χ3v) is 8.55. The summed E-state index contributed by atoms with van der Waals surface area (Å²) in [7, 11) is 0. The van der Waals surface area contributed by atoms with E-state index >= 15 is 4.39 Å². The first-order valence-electron chi connectivity index (χ1n) is 12.7. The van der Waals surface area contributed by atoms with Gasteiger partial charge in [-0.2, -0.15) is 5.10 Å². The monoisotopic (exact) mass is 524 g/mol. The molecule has 194 valence electrons. The molecule has 8 nitrogen and oxygen atoms in total. The average Bonchev–Trinajstić information content (AvgIpc) is 3.09. The van der Waals surface area contributed by atoms with Crippen molar-refractivity contribution in [2.45, 2.75) is 45.8 Å². The zero-order chi connectivity index (χ0) is 26.1. The standard InChI is InChI=1S/C27H30ClFN6O2/c1-15-8-17(28)10-18(22(15)31-13-27(29)4-6-30-7-5-27)23-19-9-16(12-35(19)33-14-32-23)11-34-24(36)20-21(25(34)37)26(20,2)3/h8-10,12,14,20-21,30-31H,4-7,11,13H2,1-3H3. The molecule has 2 saturated heterocycles. The van der Waals surface area contributed by atoms with Gasteiger partial charge in [-0.3, -0.25) is 14.5 Å². The minimum Gasteiger partial charge on any atom is -0.381 e. The van der Waals surface area contributed by atoms with E-state index in [1.165, 1.54) is 11.2 Å². The van der Waals surface area contributed by atoms with Crippen LogP contribution in [0.2, 0.25) is 5.02 Å². The van der Waals surface area contributed by atoms with Crippen LogP contribution in [0.4, 0.5) is 10.1 Å². The van der Waals surface area contributed by atoms with Gasteiger partial charge in [0.05, 0.1) is 29.6 Å². The lowest BCUT2D eigenvalue weighted by Crippen LogP contribution is -2.43. The van der Waals surface area contributed by atoms with Crippen molar-refractivity contribution in [2.75, 3.05) is 25.0 Å². The smallest absolute Gasteiger partial charge is 0.233 e. The Morgan fingerprint density at radius 1 is 1.16 bits per heavy atom. The van der Waals surface area contributed by atoms with Gasteiger partial charge in [-0.1, -0.05) is 25.4 Å². The van der Waals surface area contributed by atoms with E-state index in [4.69, 9.17) is 11.6 Å². The van der Waals surface area contributed by atoms with Gasteiger partial charge in [0.2, 0.25) is 11.8 Å². The van der Waals surface area contributed by atoms with Crippen LogP contribution in [0.15, 0.2) is 30.7 Å². The molecular formula is C27H30ClFN6O2. The predicted octanol–water partition coefficient (Wildman–Crippen LogP) is 4.00. The molecule has 0 spiro atoms. The van der Waals surface area contributed by atoms with Crippen LogP contribution in [0.3, 0.4) is 0 Å². The average molecular weight is 525 g/mol. The summed E-state index contributed by atoms with van der Waals surface area (Å²) in [6.07, 6.45) is 4.18. The number of carbonyl (C=O) groups is 2. The summed E-state index contributed by atoms with van der Waals surface area (Å²) in [5.74, 6) is -0.628. The summed E-state index contributed by atoms with van der Waals surface area (Å²) in [6.45, 7) is 7.58. The van der Waals surface area contributed by atoms with Crippen molar-refractivity contribution in [3.8, 4) is 11.3 Å². The number of amides is 2. The fourth-order valence-corrected chi connectivity index (χ4v) is 6.36. The Labute approximate surface area is 219 Å². The van der Waals surface area contributed by atoms with Crippen LogP contribution in [-0.4, -0.2) is 56.6 Å². The molecule has 6 rings (SSSR count). The van der Waals surface area contributed by atoms with E-state index < -0.39 is 5.67 Å². The molecule has 3 fully saturated rings. The second-order valence-electron chi connectivity index (χ2n) is 11.2. The van der Waals surface area contributed by atoms with Crippen LogP contribution < -0.4 is 10.6 Å². The lowest BCUT2D eigenvalue weighted by molar-refractivity contribution is -0.143. The van der Waals surface area contributed by atoms with Crippen molar-refractivity contribution in [2.24, 2.45) is 17.3 Å². The van der Waals surface area contributed by atoms with E-state index in [1.807, 2.05) is 45.2 Å². The van der Waals surface area contributed by atoms with Crippen LogP contribution in [0.5, 0.6) is 0 Å². The number of hydrogen-bond donors (Lipinski definition) is 2. The Morgan fingerprint density at radius 3 is 2.57 bits per heavy atom. The SMILES string of the molecule is Cc1cc(Cl)cc(-c2ncnn3cc(CN4C(=O)C5C(C4=O)C5(C)C)cc23)c1NCC1(F)CCNCC1. The Hall–Kier alpha value is -3.04. The first-order valence-corrected chi connectivity index (χ1v) is 13.1. The highest BCUT2D eigenvalue weighted by Crippen LogP contribution is 2.63. The number of imide groups is 1. The summed E-state index contributed by atoms with van der Waals surface area (Å²) >= 11 is 6.45. The van der Waals surface area contributed by atoms with Crippen LogP contribution >= 0.6 is 11.6 Å². The number of benzene rings is 1. The number of anilines is 1. The van der Waals surface area contributed by atoms with Crippen LogP contribution in [0.1, 0.15) is 37.8 Å². The summed E-state index contributed by atoms with van der Waals surface area (Å²) in [5.41, 5.74) is 3.01. The van der Waals surface area contributed by atoms with Crippen molar-refractivity contribution in [1.29, 1.82) is 0 Å². The fraction of sp³-hybridized carbons (Fsp3) is 0.481. The predicted molar refractivity (Wildman–Crippen MR) is 139 cm³/mol. The normalized spacial score (nSPS) is 24.0. The first-order chi connectivity index (χ1) is 17.6.